The number of nitrogens with one attached hydrogen (secondary N) is 1. The molecule has 4 heterocycles. The predicted molar refractivity (Wildman–Crippen MR) is 143 cm³/mol. The second-order valence-electron chi connectivity index (χ2n) is 8.81. The van der Waals surface area contributed by atoms with Gasteiger partial charge in [0.25, 0.3) is 0 Å². The number of amides is 1. The summed E-state index contributed by atoms with van der Waals surface area (Å²) >= 11 is 1.72. The molecule has 1 aliphatic rings. The van der Waals surface area contributed by atoms with Gasteiger partial charge in [-0.25, -0.2) is 9.97 Å². The molecule has 4 aromatic rings. The summed E-state index contributed by atoms with van der Waals surface area (Å²) in [6.45, 7) is 8.65. The van der Waals surface area contributed by atoms with Gasteiger partial charge in [0.05, 0.1) is 11.9 Å². The molecule has 180 valence electrons. The van der Waals surface area contributed by atoms with E-state index in [1.54, 1.807) is 17.5 Å². The van der Waals surface area contributed by atoms with Gasteiger partial charge in [-0.15, -0.1) is 11.3 Å². The van der Waals surface area contributed by atoms with Crippen LogP contribution in [-0.2, 0) is 4.79 Å². The largest absolute Gasteiger partial charge is 0.355 e. The van der Waals surface area contributed by atoms with E-state index in [4.69, 9.17) is 9.97 Å². The lowest BCUT2D eigenvalue weighted by atomic mass is 10.0. The molecule has 8 heteroatoms. The molecular weight excluding hydrogens is 456 g/mol. The van der Waals surface area contributed by atoms with E-state index in [1.165, 1.54) is 16.0 Å². The summed E-state index contributed by atoms with van der Waals surface area (Å²) in [5, 5.41) is 4.09. The van der Waals surface area contributed by atoms with Crippen LogP contribution in [0.5, 0.6) is 0 Å². The topological polar surface area (TPSA) is 74.2 Å². The van der Waals surface area contributed by atoms with Crippen molar-refractivity contribution in [3.8, 4) is 22.5 Å². The lowest BCUT2D eigenvalue weighted by Gasteiger charge is -2.35. The molecule has 1 fully saturated rings. The van der Waals surface area contributed by atoms with Crippen molar-refractivity contribution >= 4 is 33.3 Å². The van der Waals surface area contributed by atoms with E-state index in [1.807, 2.05) is 24.4 Å². The molecule has 1 saturated heterocycles. The fourth-order valence-corrected chi connectivity index (χ4v) is 5.58. The number of aryl methyl sites for hydroxylation is 1. The number of nitrogens with zero attached hydrogens (tertiary/aromatic N) is 5. The van der Waals surface area contributed by atoms with Crippen LogP contribution in [-0.4, -0.2) is 65.0 Å². The third kappa shape index (κ3) is 5.04. The number of pyridine rings is 1. The molecule has 1 N–H and O–H groups in total. The Kier molecular flexibility index (Phi) is 7.01. The fraction of sp³-hybridized carbons (Fsp3) is 0.333. The first kappa shape index (κ1) is 23.4. The maximum absolute atomic E-state index is 12.2. The smallest absolute Gasteiger partial charge is 0.234 e. The standard InChI is InChI=1S/C27H30N6OS/c1-3-11-29-22(34)18-32-13-15-33(16-14-32)26-24-23(20-8-5-4-6-9-20)19(2)35-27(24)31-25(30-26)21-10-7-12-28-17-21/h4-10,12,17H,3,11,13-16,18H2,1-2H3,(H,29,34). The Morgan fingerprint density at radius 2 is 1.80 bits per heavy atom. The van der Waals surface area contributed by atoms with Crippen molar-refractivity contribution in [2.24, 2.45) is 0 Å². The van der Waals surface area contributed by atoms with Gasteiger partial charge in [-0.1, -0.05) is 37.3 Å². The van der Waals surface area contributed by atoms with Crippen LogP contribution in [0.4, 0.5) is 5.82 Å². The molecule has 3 aromatic heterocycles. The highest BCUT2D eigenvalue weighted by molar-refractivity contribution is 7.19. The number of rotatable bonds is 7. The van der Waals surface area contributed by atoms with Crippen LogP contribution in [0, 0.1) is 6.92 Å². The van der Waals surface area contributed by atoms with Crippen molar-refractivity contribution < 1.29 is 4.79 Å². The Morgan fingerprint density at radius 1 is 1.03 bits per heavy atom. The van der Waals surface area contributed by atoms with Crippen LogP contribution in [0.25, 0.3) is 32.7 Å². The molecule has 0 radical (unpaired) electrons. The van der Waals surface area contributed by atoms with E-state index in [0.29, 0.717) is 12.4 Å². The average Bonchev–Trinajstić information content (AvgIpc) is 3.24. The first-order chi connectivity index (χ1) is 17.1. The molecule has 0 spiro atoms. The predicted octanol–water partition coefficient (Wildman–Crippen LogP) is 4.38. The molecule has 0 aliphatic carbocycles. The van der Waals surface area contributed by atoms with E-state index in [0.717, 1.165) is 60.7 Å². The number of benzene rings is 1. The zero-order valence-electron chi connectivity index (χ0n) is 20.2. The number of thiophene rings is 1. The summed E-state index contributed by atoms with van der Waals surface area (Å²) < 4.78 is 0. The zero-order chi connectivity index (χ0) is 24.2. The number of piperazine rings is 1. The number of hydrogen-bond acceptors (Lipinski definition) is 7. The van der Waals surface area contributed by atoms with E-state index in [-0.39, 0.29) is 5.91 Å². The number of carbonyl (C=O) groups excluding carboxylic acids is 1. The molecular formula is C27H30N6OS. The lowest BCUT2D eigenvalue weighted by Crippen LogP contribution is -2.49. The second-order valence-corrected chi connectivity index (χ2v) is 10.0. The number of anilines is 1. The molecule has 1 aromatic carbocycles. The van der Waals surface area contributed by atoms with Gasteiger partial charge in [-0.2, -0.15) is 0 Å². The molecule has 0 bridgehead atoms. The molecule has 0 unspecified atom stereocenters. The van der Waals surface area contributed by atoms with Gasteiger partial charge in [-0.05, 0) is 31.0 Å². The summed E-state index contributed by atoms with van der Waals surface area (Å²) in [6, 6.07) is 14.4. The lowest BCUT2D eigenvalue weighted by molar-refractivity contribution is -0.122. The third-order valence-corrected chi connectivity index (χ3v) is 7.30. The number of hydrogen-bond donors (Lipinski definition) is 1. The normalized spacial score (nSPS) is 14.4. The van der Waals surface area contributed by atoms with Crippen molar-refractivity contribution in [2.75, 3.05) is 44.2 Å². The van der Waals surface area contributed by atoms with E-state index in [2.05, 4.69) is 58.2 Å². The highest BCUT2D eigenvalue weighted by Gasteiger charge is 2.26. The van der Waals surface area contributed by atoms with Crippen LogP contribution < -0.4 is 10.2 Å². The number of carbonyl (C=O) groups is 1. The maximum atomic E-state index is 12.2. The van der Waals surface area contributed by atoms with Gasteiger partial charge in [0, 0.05) is 61.1 Å². The van der Waals surface area contributed by atoms with Gasteiger partial charge in [0.1, 0.15) is 10.6 Å². The van der Waals surface area contributed by atoms with Crippen LogP contribution in [0.3, 0.4) is 0 Å². The van der Waals surface area contributed by atoms with Gasteiger partial charge >= 0.3 is 0 Å². The average molecular weight is 487 g/mol. The van der Waals surface area contributed by atoms with Crippen molar-refractivity contribution in [2.45, 2.75) is 20.3 Å². The Bertz CT molecular complexity index is 1300. The van der Waals surface area contributed by atoms with Crippen molar-refractivity contribution in [1.29, 1.82) is 0 Å². The summed E-state index contributed by atoms with van der Waals surface area (Å²) in [6.07, 6.45) is 4.53. The summed E-state index contributed by atoms with van der Waals surface area (Å²) in [4.78, 5) is 33.4. The highest BCUT2D eigenvalue weighted by atomic mass is 32.1. The number of aromatic nitrogens is 3. The van der Waals surface area contributed by atoms with Crippen LogP contribution >= 0.6 is 11.3 Å². The molecule has 1 amide bonds. The van der Waals surface area contributed by atoms with E-state index in [9.17, 15) is 4.79 Å². The van der Waals surface area contributed by atoms with Crippen molar-refractivity contribution in [3.63, 3.8) is 0 Å². The monoisotopic (exact) mass is 486 g/mol. The molecule has 5 rings (SSSR count). The highest BCUT2D eigenvalue weighted by Crippen LogP contribution is 2.42. The summed E-state index contributed by atoms with van der Waals surface area (Å²) in [7, 11) is 0. The minimum absolute atomic E-state index is 0.100. The molecule has 1 aliphatic heterocycles. The van der Waals surface area contributed by atoms with E-state index < -0.39 is 0 Å². The first-order valence-corrected chi connectivity index (χ1v) is 13.0. The van der Waals surface area contributed by atoms with Crippen LogP contribution in [0.2, 0.25) is 0 Å². The van der Waals surface area contributed by atoms with Gasteiger partial charge in [0.15, 0.2) is 5.82 Å². The SMILES string of the molecule is CCCNC(=O)CN1CCN(c2nc(-c3cccnc3)nc3sc(C)c(-c4ccccc4)c23)CC1. The van der Waals surface area contributed by atoms with Crippen LogP contribution in [0.15, 0.2) is 54.9 Å². The van der Waals surface area contributed by atoms with Crippen LogP contribution in [0.1, 0.15) is 18.2 Å². The third-order valence-electron chi connectivity index (χ3n) is 6.30. The number of fused-ring (bicyclic) bond motifs is 1. The molecule has 7 nitrogen and oxygen atoms in total. The Morgan fingerprint density at radius 3 is 2.51 bits per heavy atom. The minimum Gasteiger partial charge on any atom is -0.355 e. The van der Waals surface area contributed by atoms with Gasteiger partial charge < -0.3 is 10.2 Å². The maximum Gasteiger partial charge on any atom is 0.234 e. The summed E-state index contributed by atoms with van der Waals surface area (Å²) in [5.41, 5.74) is 3.30. The van der Waals surface area contributed by atoms with Crippen molar-refractivity contribution in [1.82, 2.24) is 25.2 Å². The first-order valence-electron chi connectivity index (χ1n) is 12.1. The Balaban J connectivity index is 1.51. The zero-order valence-corrected chi connectivity index (χ0v) is 21.0. The Labute approximate surface area is 209 Å². The minimum atomic E-state index is 0.100. The van der Waals surface area contributed by atoms with Gasteiger partial charge in [-0.3, -0.25) is 14.7 Å². The quantitative estimate of drug-likeness (QED) is 0.418. The molecule has 35 heavy (non-hydrogen) atoms. The molecule has 0 saturated carbocycles. The fourth-order valence-electron chi connectivity index (χ4n) is 4.54. The summed E-state index contributed by atoms with van der Waals surface area (Å²) in [5.74, 6) is 1.76. The Hall–Kier alpha value is -3.36. The molecule has 0 atom stereocenters. The second kappa shape index (κ2) is 10.5. The van der Waals surface area contributed by atoms with Crippen molar-refractivity contribution in [3.05, 3.63) is 59.7 Å². The van der Waals surface area contributed by atoms with E-state index >= 15 is 0 Å². The van der Waals surface area contributed by atoms with Gasteiger partial charge in [0.2, 0.25) is 5.91 Å².